The minimum Gasteiger partial charge on any atom is -0.347 e. The normalized spacial score (nSPS) is 13.1. The number of hydrogen-bond acceptors (Lipinski definition) is 2. The third-order valence-electron chi connectivity index (χ3n) is 3.83. The van der Waals surface area contributed by atoms with Gasteiger partial charge in [-0.2, -0.15) is 0 Å². The van der Waals surface area contributed by atoms with Crippen LogP contribution in [0.3, 0.4) is 0 Å². The van der Waals surface area contributed by atoms with Crippen LogP contribution in [0.2, 0.25) is 0 Å². The number of hydrogen-bond donors (Lipinski definition) is 1. The second-order valence-electron chi connectivity index (χ2n) is 6.30. The molecule has 3 nitrogen and oxygen atoms in total. The summed E-state index contributed by atoms with van der Waals surface area (Å²) in [6.07, 6.45) is 9.00. The van der Waals surface area contributed by atoms with Crippen molar-refractivity contribution < 1.29 is 9.59 Å². The van der Waals surface area contributed by atoms with Crippen LogP contribution in [-0.2, 0) is 9.59 Å². The average Bonchev–Trinajstić information content (AvgIpc) is 2.27. The molecule has 0 unspecified atom stereocenters. The van der Waals surface area contributed by atoms with Crippen LogP contribution in [0.25, 0.3) is 0 Å². The molecular weight excluding hydrogens is 250 g/mol. The number of allylic oxidation sites excluding steroid dienone is 3. The van der Waals surface area contributed by atoms with Crippen molar-refractivity contribution >= 4 is 11.7 Å². The smallest absolute Gasteiger partial charge is 0.244 e. The van der Waals surface area contributed by atoms with Gasteiger partial charge in [0.25, 0.3) is 0 Å². The molecule has 0 atom stereocenters. The summed E-state index contributed by atoms with van der Waals surface area (Å²) in [6.45, 7) is 11.8. The van der Waals surface area contributed by atoms with E-state index in [2.05, 4.69) is 5.32 Å². The van der Waals surface area contributed by atoms with E-state index >= 15 is 0 Å². The molecule has 0 aliphatic rings. The standard InChI is InChI=1S/C17H29NO2/c1-7-9-10-12-14(19)13-16(3,4)17(5,6)18-15(20)11-8-2/h8-11H,7,12-13H2,1-6H3,(H,18,20)/b10-9-,11-8+. The highest BCUT2D eigenvalue weighted by molar-refractivity contribution is 5.88. The molecule has 0 spiro atoms. The lowest BCUT2D eigenvalue weighted by molar-refractivity contribution is -0.124. The fraction of sp³-hybridized carbons (Fsp3) is 0.647. The molecule has 0 aliphatic carbocycles. The van der Waals surface area contributed by atoms with E-state index in [9.17, 15) is 9.59 Å². The topological polar surface area (TPSA) is 46.2 Å². The number of Topliss-reactive ketones (excluding diaryl/α,β-unsaturated/α-hetero) is 1. The van der Waals surface area contributed by atoms with Crippen LogP contribution in [0.15, 0.2) is 24.3 Å². The third kappa shape index (κ3) is 6.18. The summed E-state index contributed by atoms with van der Waals surface area (Å²) in [5.41, 5.74) is -0.755. The van der Waals surface area contributed by atoms with Crippen molar-refractivity contribution in [2.75, 3.05) is 0 Å². The average molecular weight is 279 g/mol. The summed E-state index contributed by atoms with van der Waals surface area (Å²) in [4.78, 5) is 23.7. The zero-order chi connectivity index (χ0) is 15.8. The Morgan fingerprint density at radius 1 is 1.10 bits per heavy atom. The summed E-state index contributed by atoms with van der Waals surface area (Å²) in [7, 11) is 0. The fourth-order valence-electron chi connectivity index (χ4n) is 1.84. The minimum absolute atomic E-state index is 0.121. The number of nitrogens with one attached hydrogen (secondary N) is 1. The van der Waals surface area contributed by atoms with E-state index in [-0.39, 0.29) is 17.1 Å². The van der Waals surface area contributed by atoms with Crippen molar-refractivity contribution in [3.05, 3.63) is 24.3 Å². The van der Waals surface area contributed by atoms with Crippen molar-refractivity contribution in [2.24, 2.45) is 5.41 Å². The number of carbonyl (C=O) groups excluding carboxylic acids is 2. The van der Waals surface area contributed by atoms with Crippen molar-refractivity contribution in [3.8, 4) is 0 Å². The van der Waals surface area contributed by atoms with E-state index in [1.807, 2.05) is 46.8 Å². The molecule has 0 bridgehead atoms. The zero-order valence-electron chi connectivity index (χ0n) is 13.7. The Bertz CT molecular complexity index is 390. The SMILES string of the molecule is C/C=C/C(=O)NC(C)(C)C(C)(C)CC(=O)C/C=C\CC. The predicted octanol–water partition coefficient (Wildman–Crippen LogP) is 3.80. The van der Waals surface area contributed by atoms with Gasteiger partial charge in [-0.3, -0.25) is 9.59 Å². The van der Waals surface area contributed by atoms with Crippen molar-refractivity contribution in [2.45, 2.75) is 66.3 Å². The van der Waals surface area contributed by atoms with E-state index < -0.39 is 5.54 Å². The maximum absolute atomic E-state index is 12.0. The molecule has 0 radical (unpaired) electrons. The van der Waals surface area contributed by atoms with E-state index in [1.54, 1.807) is 13.0 Å². The van der Waals surface area contributed by atoms with Crippen LogP contribution in [0, 0.1) is 5.41 Å². The zero-order valence-corrected chi connectivity index (χ0v) is 13.7. The molecule has 20 heavy (non-hydrogen) atoms. The summed E-state index contributed by atoms with van der Waals surface area (Å²) >= 11 is 0. The summed E-state index contributed by atoms with van der Waals surface area (Å²) in [5.74, 6) is 0.0805. The molecule has 0 rings (SSSR count). The molecule has 0 aliphatic heterocycles. The molecule has 114 valence electrons. The van der Waals surface area contributed by atoms with Crippen LogP contribution in [0.1, 0.15) is 60.8 Å². The minimum atomic E-state index is -0.451. The molecular formula is C17H29NO2. The van der Waals surface area contributed by atoms with Gasteiger partial charge in [-0.1, -0.05) is 39.0 Å². The highest BCUT2D eigenvalue weighted by Crippen LogP contribution is 2.34. The lowest BCUT2D eigenvalue weighted by Crippen LogP contribution is -2.54. The van der Waals surface area contributed by atoms with Crippen LogP contribution in [-0.4, -0.2) is 17.2 Å². The van der Waals surface area contributed by atoms with Crippen LogP contribution in [0.5, 0.6) is 0 Å². The highest BCUT2D eigenvalue weighted by atomic mass is 16.1. The number of rotatable bonds is 8. The molecule has 0 heterocycles. The Labute approximate surface area is 123 Å². The van der Waals surface area contributed by atoms with E-state index in [0.29, 0.717) is 12.8 Å². The number of carbonyl (C=O) groups is 2. The first-order valence-electron chi connectivity index (χ1n) is 7.28. The van der Waals surface area contributed by atoms with Crippen LogP contribution < -0.4 is 5.32 Å². The maximum atomic E-state index is 12.0. The van der Waals surface area contributed by atoms with Gasteiger partial charge in [-0.15, -0.1) is 0 Å². The third-order valence-corrected chi connectivity index (χ3v) is 3.83. The van der Waals surface area contributed by atoms with Crippen molar-refractivity contribution in [3.63, 3.8) is 0 Å². The van der Waals surface area contributed by atoms with Gasteiger partial charge in [0, 0.05) is 18.4 Å². The first kappa shape index (κ1) is 18.6. The van der Waals surface area contributed by atoms with Crippen molar-refractivity contribution in [1.82, 2.24) is 5.32 Å². The Morgan fingerprint density at radius 3 is 2.20 bits per heavy atom. The summed E-state index contributed by atoms with van der Waals surface area (Å²) in [6, 6.07) is 0. The fourth-order valence-corrected chi connectivity index (χ4v) is 1.84. The van der Waals surface area contributed by atoms with Gasteiger partial charge in [0.1, 0.15) is 5.78 Å². The summed E-state index contributed by atoms with van der Waals surface area (Å²) < 4.78 is 0. The summed E-state index contributed by atoms with van der Waals surface area (Å²) in [5, 5.41) is 2.97. The van der Waals surface area contributed by atoms with Gasteiger partial charge in [0.2, 0.25) is 5.91 Å². The quantitative estimate of drug-likeness (QED) is 0.542. The molecule has 0 saturated carbocycles. The number of ketones is 1. The van der Waals surface area contributed by atoms with Gasteiger partial charge in [0.05, 0.1) is 0 Å². The molecule has 3 heteroatoms. The van der Waals surface area contributed by atoms with E-state index in [4.69, 9.17) is 0 Å². The van der Waals surface area contributed by atoms with Gasteiger partial charge in [0.15, 0.2) is 0 Å². The Hall–Kier alpha value is -1.38. The van der Waals surface area contributed by atoms with Gasteiger partial charge in [-0.05, 0) is 38.7 Å². The largest absolute Gasteiger partial charge is 0.347 e. The van der Waals surface area contributed by atoms with Crippen LogP contribution >= 0.6 is 0 Å². The van der Waals surface area contributed by atoms with Crippen molar-refractivity contribution in [1.29, 1.82) is 0 Å². The maximum Gasteiger partial charge on any atom is 0.244 e. The van der Waals surface area contributed by atoms with E-state index in [0.717, 1.165) is 6.42 Å². The Balaban J connectivity index is 4.70. The molecule has 0 aromatic rings. The Morgan fingerprint density at radius 2 is 1.70 bits per heavy atom. The van der Waals surface area contributed by atoms with Gasteiger partial charge in [-0.25, -0.2) is 0 Å². The van der Waals surface area contributed by atoms with Crippen LogP contribution in [0.4, 0.5) is 0 Å². The lowest BCUT2D eigenvalue weighted by atomic mass is 9.71. The molecule has 0 fully saturated rings. The molecule has 0 aromatic carbocycles. The Kier molecular flexibility index (Phi) is 7.48. The second-order valence-corrected chi connectivity index (χ2v) is 6.30. The first-order chi connectivity index (χ1) is 9.16. The molecule has 0 saturated heterocycles. The molecule has 1 amide bonds. The molecule has 0 aromatic heterocycles. The molecule has 1 N–H and O–H groups in total. The van der Waals surface area contributed by atoms with E-state index in [1.165, 1.54) is 6.08 Å². The van der Waals surface area contributed by atoms with Gasteiger partial charge >= 0.3 is 0 Å². The monoisotopic (exact) mass is 279 g/mol. The highest BCUT2D eigenvalue weighted by Gasteiger charge is 2.39. The predicted molar refractivity (Wildman–Crippen MR) is 84.5 cm³/mol. The lowest BCUT2D eigenvalue weighted by Gasteiger charge is -2.41. The van der Waals surface area contributed by atoms with Gasteiger partial charge < -0.3 is 5.32 Å². The second kappa shape index (κ2) is 8.03. The first-order valence-corrected chi connectivity index (χ1v) is 7.28. The number of amides is 1.